The van der Waals surface area contributed by atoms with E-state index in [0.717, 1.165) is 17.8 Å². The zero-order chi connectivity index (χ0) is 9.84. The Hall–Kier alpha value is -1.03. The first kappa shape index (κ1) is 10.1. The highest BCUT2D eigenvalue weighted by Crippen LogP contribution is 2.13. The molecule has 0 aliphatic carbocycles. The van der Waals surface area contributed by atoms with Crippen molar-refractivity contribution in [3.63, 3.8) is 0 Å². The van der Waals surface area contributed by atoms with Crippen molar-refractivity contribution in [2.45, 2.75) is 13.3 Å². The number of nitrogens with one attached hydrogen (secondary N) is 1. The Morgan fingerprint density at radius 2 is 2.46 bits per heavy atom. The smallest absolute Gasteiger partial charge is 0.239 e. The fourth-order valence-corrected chi connectivity index (χ4v) is 1.15. The van der Waals surface area contributed by atoms with Gasteiger partial charge in [0.1, 0.15) is 5.88 Å². The SMILES string of the molecule is CCc1nn(C)cc1NC(=O)CCl. The number of nitrogens with zero attached hydrogens (tertiary/aromatic N) is 2. The van der Waals surface area contributed by atoms with Crippen molar-refractivity contribution in [2.75, 3.05) is 11.2 Å². The minimum absolute atomic E-state index is 0.0297. The summed E-state index contributed by atoms with van der Waals surface area (Å²) >= 11 is 5.36. The largest absolute Gasteiger partial charge is 0.322 e. The van der Waals surface area contributed by atoms with Crippen molar-refractivity contribution in [1.82, 2.24) is 9.78 Å². The van der Waals surface area contributed by atoms with Crippen LogP contribution in [0.3, 0.4) is 0 Å². The lowest BCUT2D eigenvalue weighted by Crippen LogP contribution is -2.13. The van der Waals surface area contributed by atoms with E-state index in [1.165, 1.54) is 0 Å². The predicted octanol–water partition coefficient (Wildman–Crippen LogP) is 1.16. The molecule has 0 saturated carbocycles. The van der Waals surface area contributed by atoms with Gasteiger partial charge in [-0.2, -0.15) is 5.10 Å². The molecular weight excluding hydrogens is 190 g/mol. The van der Waals surface area contributed by atoms with Gasteiger partial charge in [0.05, 0.1) is 11.4 Å². The maximum Gasteiger partial charge on any atom is 0.239 e. The fourth-order valence-electron chi connectivity index (χ4n) is 1.08. The number of halogens is 1. The fraction of sp³-hybridized carbons (Fsp3) is 0.500. The van der Waals surface area contributed by atoms with Gasteiger partial charge in [-0.15, -0.1) is 11.6 Å². The Kier molecular flexibility index (Phi) is 3.31. The Labute approximate surface area is 81.9 Å². The number of alkyl halides is 1. The maximum absolute atomic E-state index is 11.0. The van der Waals surface area contributed by atoms with Gasteiger partial charge in [-0.25, -0.2) is 0 Å². The van der Waals surface area contributed by atoms with E-state index in [9.17, 15) is 4.79 Å². The topological polar surface area (TPSA) is 46.9 Å². The average Bonchev–Trinajstić information content (AvgIpc) is 2.46. The maximum atomic E-state index is 11.0. The van der Waals surface area contributed by atoms with Crippen LogP contribution in [0.15, 0.2) is 6.20 Å². The second kappa shape index (κ2) is 4.28. The molecule has 1 amide bonds. The van der Waals surface area contributed by atoms with Crippen LogP contribution in [0, 0.1) is 0 Å². The third kappa shape index (κ3) is 2.45. The van der Waals surface area contributed by atoms with Crippen molar-refractivity contribution in [1.29, 1.82) is 0 Å². The summed E-state index contributed by atoms with van der Waals surface area (Å²) in [5.74, 6) is -0.234. The van der Waals surface area contributed by atoms with Crippen LogP contribution in [0.1, 0.15) is 12.6 Å². The molecule has 1 aromatic heterocycles. The Balaban J connectivity index is 2.80. The molecule has 0 unspecified atom stereocenters. The highest BCUT2D eigenvalue weighted by Gasteiger charge is 2.07. The lowest BCUT2D eigenvalue weighted by Gasteiger charge is -1.99. The second-order valence-electron chi connectivity index (χ2n) is 2.70. The second-order valence-corrected chi connectivity index (χ2v) is 2.97. The Morgan fingerprint density at radius 3 is 3.00 bits per heavy atom. The van der Waals surface area contributed by atoms with Crippen LogP contribution in [0.5, 0.6) is 0 Å². The normalized spacial score (nSPS) is 10.1. The van der Waals surface area contributed by atoms with Gasteiger partial charge in [0.2, 0.25) is 5.91 Å². The molecule has 72 valence electrons. The molecule has 1 N–H and O–H groups in total. The number of rotatable bonds is 3. The average molecular weight is 202 g/mol. The van der Waals surface area contributed by atoms with Crippen LogP contribution in [-0.2, 0) is 18.3 Å². The molecule has 0 spiro atoms. The van der Waals surface area contributed by atoms with Crippen molar-refractivity contribution in [3.8, 4) is 0 Å². The predicted molar refractivity (Wildman–Crippen MR) is 51.9 cm³/mol. The highest BCUT2D eigenvalue weighted by molar-refractivity contribution is 6.29. The van der Waals surface area contributed by atoms with Crippen LogP contribution in [0.2, 0.25) is 0 Å². The number of carbonyl (C=O) groups excluding carboxylic acids is 1. The number of hydrogen-bond donors (Lipinski definition) is 1. The van der Waals surface area contributed by atoms with Crippen molar-refractivity contribution < 1.29 is 4.79 Å². The lowest BCUT2D eigenvalue weighted by molar-refractivity contribution is -0.113. The molecule has 1 rings (SSSR count). The first-order valence-corrected chi connectivity index (χ1v) is 4.59. The van der Waals surface area contributed by atoms with Gasteiger partial charge in [0, 0.05) is 13.2 Å². The molecule has 0 fully saturated rings. The summed E-state index contributed by atoms with van der Waals surface area (Å²) in [6, 6.07) is 0. The summed E-state index contributed by atoms with van der Waals surface area (Å²) in [5.41, 5.74) is 1.62. The van der Waals surface area contributed by atoms with E-state index in [1.54, 1.807) is 10.9 Å². The molecule has 0 aromatic carbocycles. The summed E-state index contributed by atoms with van der Waals surface area (Å²) in [6.07, 6.45) is 2.56. The molecule has 5 heteroatoms. The van der Waals surface area contributed by atoms with E-state index >= 15 is 0 Å². The molecule has 13 heavy (non-hydrogen) atoms. The molecule has 0 saturated heterocycles. The van der Waals surface area contributed by atoms with Crippen molar-refractivity contribution in [3.05, 3.63) is 11.9 Å². The van der Waals surface area contributed by atoms with Crippen LogP contribution < -0.4 is 5.32 Å². The zero-order valence-electron chi connectivity index (χ0n) is 7.67. The number of anilines is 1. The number of carbonyl (C=O) groups is 1. The van der Waals surface area contributed by atoms with E-state index in [2.05, 4.69) is 10.4 Å². The van der Waals surface area contributed by atoms with Gasteiger partial charge >= 0.3 is 0 Å². The minimum Gasteiger partial charge on any atom is -0.322 e. The van der Waals surface area contributed by atoms with Crippen molar-refractivity contribution in [2.24, 2.45) is 7.05 Å². The van der Waals surface area contributed by atoms with Crippen LogP contribution in [-0.4, -0.2) is 21.6 Å². The summed E-state index contributed by atoms with van der Waals surface area (Å²) in [5, 5.41) is 6.85. The first-order valence-electron chi connectivity index (χ1n) is 4.05. The van der Waals surface area contributed by atoms with Gasteiger partial charge in [0.25, 0.3) is 0 Å². The summed E-state index contributed by atoms with van der Waals surface area (Å²) in [7, 11) is 1.81. The number of amides is 1. The van der Waals surface area contributed by atoms with Gasteiger partial charge < -0.3 is 5.32 Å². The van der Waals surface area contributed by atoms with E-state index in [-0.39, 0.29) is 11.8 Å². The summed E-state index contributed by atoms with van der Waals surface area (Å²) in [6.45, 7) is 1.98. The Morgan fingerprint density at radius 1 is 1.77 bits per heavy atom. The molecule has 1 heterocycles. The van der Waals surface area contributed by atoms with Gasteiger partial charge in [-0.3, -0.25) is 9.48 Å². The third-order valence-corrected chi connectivity index (χ3v) is 1.88. The Bertz CT molecular complexity index is 308. The zero-order valence-corrected chi connectivity index (χ0v) is 8.43. The third-order valence-electron chi connectivity index (χ3n) is 1.64. The molecular formula is C8H12ClN3O. The quantitative estimate of drug-likeness (QED) is 0.747. The van der Waals surface area contributed by atoms with Crippen LogP contribution in [0.4, 0.5) is 5.69 Å². The van der Waals surface area contributed by atoms with E-state index in [1.807, 2.05) is 14.0 Å². The molecule has 0 aliphatic rings. The van der Waals surface area contributed by atoms with E-state index in [0.29, 0.717) is 0 Å². The molecule has 0 atom stereocenters. The highest BCUT2D eigenvalue weighted by atomic mass is 35.5. The molecule has 0 bridgehead atoms. The standard InChI is InChI=1S/C8H12ClN3O/c1-3-6-7(5-12(2)11-6)10-8(13)4-9/h5H,3-4H2,1-2H3,(H,10,13). The molecule has 0 aliphatic heterocycles. The van der Waals surface area contributed by atoms with Gasteiger partial charge in [0.15, 0.2) is 0 Å². The number of hydrogen-bond acceptors (Lipinski definition) is 2. The first-order chi connectivity index (χ1) is 6.17. The molecule has 4 nitrogen and oxygen atoms in total. The van der Waals surface area contributed by atoms with E-state index < -0.39 is 0 Å². The van der Waals surface area contributed by atoms with Crippen LogP contribution in [0.25, 0.3) is 0 Å². The number of aryl methyl sites for hydroxylation is 2. The van der Waals surface area contributed by atoms with Gasteiger partial charge in [-0.1, -0.05) is 6.92 Å². The summed E-state index contributed by atoms with van der Waals surface area (Å²) < 4.78 is 1.67. The van der Waals surface area contributed by atoms with Gasteiger partial charge in [-0.05, 0) is 6.42 Å². The lowest BCUT2D eigenvalue weighted by atomic mass is 10.3. The summed E-state index contributed by atoms with van der Waals surface area (Å²) in [4.78, 5) is 11.0. The molecule has 1 aromatic rings. The monoisotopic (exact) mass is 201 g/mol. The molecule has 0 radical (unpaired) electrons. The minimum atomic E-state index is -0.204. The van der Waals surface area contributed by atoms with Crippen LogP contribution >= 0.6 is 11.6 Å². The number of aromatic nitrogens is 2. The van der Waals surface area contributed by atoms with Crippen molar-refractivity contribution >= 4 is 23.2 Å². The van der Waals surface area contributed by atoms with E-state index in [4.69, 9.17) is 11.6 Å².